The number of carbonyl (C=O) groups is 1. The van der Waals surface area contributed by atoms with Gasteiger partial charge in [0.1, 0.15) is 6.10 Å². The molecule has 2 aromatic rings. The van der Waals surface area contributed by atoms with E-state index >= 15 is 0 Å². The summed E-state index contributed by atoms with van der Waals surface area (Å²) in [6, 6.07) is 17.2. The molecule has 1 unspecified atom stereocenters. The Balaban J connectivity index is 1.97. The molecule has 0 saturated heterocycles. The van der Waals surface area contributed by atoms with Crippen LogP contribution in [0, 0.1) is 0 Å². The largest absolute Gasteiger partial charge is 0.452 e. The predicted molar refractivity (Wildman–Crippen MR) is 86.9 cm³/mol. The zero-order valence-corrected chi connectivity index (χ0v) is 13.3. The summed E-state index contributed by atoms with van der Waals surface area (Å²) in [5, 5.41) is 0. The first-order valence-electron chi connectivity index (χ1n) is 7.58. The summed E-state index contributed by atoms with van der Waals surface area (Å²) in [5.74, 6) is -0.708. The average molecular weight is 350 g/mol. The smallest absolute Gasteiger partial charge is 0.409 e. The topological polar surface area (TPSA) is 35.5 Å². The zero-order chi connectivity index (χ0) is 18.1. The fraction of sp³-hybridized carbons (Fsp3) is 0.211. The van der Waals surface area contributed by atoms with Crippen molar-refractivity contribution in [3.8, 4) is 0 Å². The summed E-state index contributed by atoms with van der Waals surface area (Å²) in [6.45, 7) is 0.0279. The van der Waals surface area contributed by atoms with E-state index in [1.54, 1.807) is 18.2 Å². The Labute approximate surface area is 143 Å². The predicted octanol–water partition coefficient (Wildman–Crippen LogP) is 4.55. The van der Waals surface area contributed by atoms with E-state index in [1.165, 1.54) is 12.1 Å². The van der Waals surface area contributed by atoms with Crippen LogP contribution in [0.5, 0.6) is 0 Å². The van der Waals surface area contributed by atoms with Crippen molar-refractivity contribution in [1.29, 1.82) is 0 Å². The fourth-order valence-electron chi connectivity index (χ4n) is 1.99. The summed E-state index contributed by atoms with van der Waals surface area (Å²) < 4.78 is 47.7. The Morgan fingerprint density at radius 1 is 1.00 bits per heavy atom. The molecule has 0 aliphatic rings. The van der Waals surface area contributed by atoms with Gasteiger partial charge >= 0.3 is 12.1 Å². The van der Waals surface area contributed by atoms with Gasteiger partial charge in [-0.2, -0.15) is 13.2 Å². The van der Waals surface area contributed by atoms with Crippen molar-refractivity contribution in [3.63, 3.8) is 0 Å². The van der Waals surface area contributed by atoms with Crippen LogP contribution >= 0.6 is 0 Å². The highest BCUT2D eigenvalue weighted by Crippen LogP contribution is 2.17. The summed E-state index contributed by atoms with van der Waals surface area (Å²) in [5.41, 5.74) is 1.13. The van der Waals surface area contributed by atoms with E-state index in [9.17, 15) is 18.0 Å². The maximum absolute atomic E-state index is 12.4. The molecule has 2 aromatic carbocycles. The minimum Gasteiger partial charge on any atom is -0.452 e. The molecule has 0 spiro atoms. The first-order valence-corrected chi connectivity index (χ1v) is 7.58. The normalized spacial score (nSPS) is 12.9. The van der Waals surface area contributed by atoms with E-state index in [4.69, 9.17) is 9.47 Å². The molecule has 0 aliphatic heterocycles. The second-order valence-electron chi connectivity index (χ2n) is 5.21. The van der Waals surface area contributed by atoms with E-state index in [1.807, 2.05) is 30.3 Å². The molecule has 0 fully saturated rings. The van der Waals surface area contributed by atoms with Crippen LogP contribution in [0.15, 0.2) is 72.8 Å². The molecule has 0 bridgehead atoms. The lowest BCUT2D eigenvalue weighted by atomic mass is 10.2. The minimum absolute atomic E-state index is 0.0435. The Kier molecular flexibility index (Phi) is 6.77. The van der Waals surface area contributed by atoms with Crippen molar-refractivity contribution in [3.05, 3.63) is 83.9 Å². The molecule has 0 heterocycles. The molecule has 0 saturated carbocycles. The fourth-order valence-corrected chi connectivity index (χ4v) is 1.99. The van der Waals surface area contributed by atoms with Crippen molar-refractivity contribution >= 4 is 5.97 Å². The molecular weight excluding hydrogens is 333 g/mol. The van der Waals surface area contributed by atoms with E-state index in [2.05, 4.69) is 0 Å². The summed E-state index contributed by atoms with van der Waals surface area (Å²) in [6.07, 6.45) is -4.80. The van der Waals surface area contributed by atoms with E-state index in [0.717, 1.165) is 11.6 Å². The third-order valence-electron chi connectivity index (χ3n) is 3.16. The molecular formula is C19H17F3O3. The van der Waals surface area contributed by atoms with Crippen molar-refractivity contribution in [2.45, 2.75) is 18.9 Å². The number of allylic oxidation sites excluding steroid dienone is 1. The molecule has 6 heteroatoms. The van der Waals surface area contributed by atoms with E-state index < -0.39 is 18.2 Å². The Hall–Kier alpha value is -2.60. The Morgan fingerprint density at radius 3 is 2.20 bits per heavy atom. The first-order chi connectivity index (χ1) is 11.9. The molecule has 0 aromatic heterocycles. The summed E-state index contributed by atoms with van der Waals surface area (Å²) in [4.78, 5) is 12.0. The molecule has 0 radical (unpaired) electrons. The average Bonchev–Trinajstić information content (AvgIpc) is 2.60. The number of hydrogen-bond donors (Lipinski definition) is 0. The number of esters is 1. The summed E-state index contributed by atoms with van der Waals surface area (Å²) >= 11 is 0. The van der Waals surface area contributed by atoms with Gasteiger partial charge in [-0.25, -0.2) is 4.79 Å². The van der Waals surface area contributed by atoms with Crippen LogP contribution in [0.4, 0.5) is 13.2 Å². The highest BCUT2D eigenvalue weighted by molar-refractivity contribution is 5.89. The highest BCUT2D eigenvalue weighted by atomic mass is 19.4. The summed E-state index contributed by atoms with van der Waals surface area (Å²) in [7, 11) is 0. The van der Waals surface area contributed by atoms with Gasteiger partial charge in [-0.05, 0) is 23.8 Å². The number of ether oxygens (including phenoxy) is 2. The quantitative estimate of drug-likeness (QED) is 0.543. The van der Waals surface area contributed by atoms with Crippen molar-refractivity contribution < 1.29 is 27.4 Å². The molecule has 0 amide bonds. The van der Waals surface area contributed by atoms with Gasteiger partial charge in [0.2, 0.25) is 0 Å². The van der Waals surface area contributed by atoms with Crippen LogP contribution in [0.1, 0.15) is 15.9 Å². The highest BCUT2D eigenvalue weighted by Gasteiger charge is 2.24. The maximum Gasteiger partial charge on any atom is 0.409 e. The van der Waals surface area contributed by atoms with Crippen LogP contribution in [-0.4, -0.2) is 24.9 Å². The molecule has 25 heavy (non-hydrogen) atoms. The second-order valence-corrected chi connectivity index (χ2v) is 5.21. The van der Waals surface area contributed by atoms with E-state index in [-0.39, 0.29) is 24.9 Å². The van der Waals surface area contributed by atoms with Gasteiger partial charge in [0.15, 0.2) is 0 Å². The van der Waals surface area contributed by atoms with Crippen LogP contribution in [0.3, 0.4) is 0 Å². The number of halogens is 3. The van der Waals surface area contributed by atoms with Crippen LogP contribution in [0.2, 0.25) is 0 Å². The Bertz CT molecular complexity index is 682. The molecule has 132 valence electrons. The number of rotatable bonds is 7. The number of carbonyl (C=O) groups excluding carboxylic acids is 1. The lowest BCUT2D eigenvalue weighted by Gasteiger charge is -2.15. The maximum atomic E-state index is 12.4. The SMILES string of the molecule is O=C(OC(/C=C/C(F)(F)F)COCc1ccccc1)c1ccccc1. The van der Waals surface area contributed by atoms with Gasteiger partial charge in [-0.3, -0.25) is 0 Å². The van der Waals surface area contributed by atoms with Gasteiger partial charge in [0.25, 0.3) is 0 Å². The minimum atomic E-state index is -4.49. The van der Waals surface area contributed by atoms with Crippen LogP contribution in [-0.2, 0) is 16.1 Å². The van der Waals surface area contributed by atoms with Gasteiger partial charge in [-0.1, -0.05) is 48.5 Å². The third-order valence-corrected chi connectivity index (χ3v) is 3.16. The Morgan fingerprint density at radius 2 is 1.60 bits per heavy atom. The molecule has 0 aliphatic carbocycles. The number of alkyl halides is 3. The molecule has 2 rings (SSSR count). The second kappa shape index (κ2) is 9.03. The van der Waals surface area contributed by atoms with Crippen molar-refractivity contribution in [1.82, 2.24) is 0 Å². The molecule has 0 N–H and O–H groups in total. The van der Waals surface area contributed by atoms with Gasteiger partial charge in [-0.15, -0.1) is 0 Å². The van der Waals surface area contributed by atoms with Gasteiger partial charge in [0.05, 0.1) is 18.8 Å². The van der Waals surface area contributed by atoms with E-state index in [0.29, 0.717) is 0 Å². The lowest BCUT2D eigenvalue weighted by Crippen LogP contribution is -2.22. The van der Waals surface area contributed by atoms with Gasteiger partial charge in [0, 0.05) is 6.08 Å². The first kappa shape index (κ1) is 18.7. The van der Waals surface area contributed by atoms with Crippen LogP contribution < -0.4 is 0 Å². The molecule has 1 atom stereocenters. The van der Waals surface area contributed by atoms with Gasteiger partial charge < -0.3 is 9.47 Å². The number of benzene rings is 2. The zero-order valence-electron chi connectivity index (χ0n) is 13.3. The lowest BCUT2D eigenvalue weighted by molar-refractivity contribution is -0.0811. The van der Waals surface area contributed by atoms with Crippen LogP contribution in [0.25, 0.3) is 0 Å². The molecule has 3 nitrogen and oxygen atoms in total. The standard InChI is InChI=1S/C19H17F3O3/c20-19(21,22)12-11-17(14-24-13-15-7-3-1-4-8-15)25-18(23)16-9-5-2-6-10-16/h1-12,17H,13-14H2/b12-11+. The third kappa shape index (κ3) is 7.22. The number of hydrogen-bond acceptors (Lipinski definition) is 3. The monoisotopic (exact) mass is 350 g/mol. The van der Waals surface area contributed by atoms with Crippen molar-refractivity contribution in [2.24, 2.45) is 0 Å². The van der Waals surface area contributed by atoms with Crippen molar-refractivity contribution in [2.75, 3.05) is 6.61 Å².